The topological polar surface area (TPSA) is 43.1 Å². The van der Waals surface area contributed by atoms with Crippen LogP contribution in [0.15, 0.2) is 23.1 Å². The third-order valence-electron chi connectivity index (χ3n) is 1.65. The molecule has 1 aromatic rings. The Kier molecular flexibility index (Phi) is 3.81. The van der Waals surface area contributed by atoms with E-state index in [1.54, 1.807) is 12.1 Å². The molecule has 2 nitrogen and oxygen atoms in total. The number of anilines is 1. The molecule has 0 saturated carbocycles. The van der Waals surface area contributed by atoms with E-state index in [0.29, 0.717) is 17.4 Å². The number of carbonyl (C=O) groups is 1. The van der Waals surface area contributed by atoms with Crippen molar-refractivity contribution in [3.8, 4) is 0 Å². The molecule has 0 aliphatic heterocycles. The standard InChI is InChI=1S/C9H10BrNOS/c10-5-8(12)3-6-1-2-7(11)4-9(6)13/h1-2,4,13H,3,5,11H2. The molecule has 0 unspecified atom stereocenters. The molecular formula is C9H10BrNOS. The van der Waals surface area contributed by atoms with Crippen LogP contribution in [0.1, 0.15) is 5.56 Å². The highest BCUT2D eigenvalue weighted by atomic mass is 79.9. The van der Waals surface area contributed by atoms with Crippen LogP contribution in [0.2, 0.25) is 0 Å². The van der Waals surface area contributed by atoms with E-state index in [1.807, 2.05) is 6.07 Å². The molecule has 1 rings (SSSR count). The van der Waals surface area contributed by atoms with Crippen molar-refractivity contribution in [2.75, 3.05) is 11.1 Å². The van der Waals surface area contributed by atoms with Crippen LogP contribution >= 0.6 is 28.6 Å². The molecule has 0 fully saturated rings. The minimum Gasteiger partial charge on any atom is -0.399 e. The van der Waals surface area contributed by atoms with Crippen molar-refractivity contribution in [3.05, 3.63) is 23.8 Å². The van der Waals surface area contributed by atoms with Gasteiger partial charge >= 0.3 is 0 Å². The van der Waals surface area contributed by atoms with Gasteiger partial charge in [0, 0.05) is 17.0 Å². The van der Waals surface area contributed by atoms with Crippen LogP contribution in [-0.2, 0) is 11.2 Å². The van der Waals surface area contributed by atoms with Crippen LogP contribution in [0.5, 0.6) is 0 Å². The molecule has 4 heteroatoms. The lowest BCUT2D eigenvalue weighted by atomic mass is 10.1. The quantitative estimate of drug-likeness (QED) is 0.496. The summed E-state index contributed by atoms with van der Waals surface area (Å²) in [5.41, 5.74) is 7.13. The largest absolute Gasteiger partial charge is 0.399 e. The van der Waals surface area contributed by atoms with Crippen LogP contribution < -0.4 is 5.73 Å². The van der Waals surface area contributed by atoms with Crippen molar-refractivity contribution in [3.63, 3.8) is 0 Å². The number of ketones is 1. The predicted octanol–water partition coefficient (Wildman–Crippen LogP) is 2.06. The zero-order valence-corrected chi connectivity index (χ0v) is 9.44. The summed E-state index contributed by atoms with van der Waals surface area (Å²) in [7, 11) is 0. The molecule has 0 heterocycles. The number of thiol groups is 1. The molecule has 0 aromatic heterocycles. The molecule has 0 amide bonds. The number of benzene rings is 1. The van der Waals surface area contributed by atoms with Crippen LogP contribution in [-0.4, -0.2) is 11.1 Å². The second kappa shape index (κ2) is 4.67. The smallest absolute Gasteiger partial charge is 0.147 e. The highest BCUT2D eigenvalue weighted by molar-refractivity contribution is 9.09. The molecule has 0 saturated heterocycles. The van der Waals surface area contributed by atoms with Crippen LogP contribution in [0, 0.1) is 0 Å². The van der Waals surface area contributed by atoms with E-state index in [-0.39, 0.29) is 5.78 Å². The first-order chi connectivity index (χ1) is 6.13. The fraction of sp³-hybridized carbons (Fsp3) is 0.222. The van der Waals surface area contributed by atoms with Gasteiger partial charge in [-0.1, -0.05) is 22.0 Å². The number of nitrogens with two attached hydrogens (primary N) is 1. The van der Waals surface area contributed by atoms with Gasteiger partial charge in [0.05, 0.1) is 5.33 Å². The number of carbonyl (C=O) groups excluding carboxylic acids is 1. The SMILES string of the molecule is Nc1ccc(CC(=O)CBr)c(S)c1. The number of halogens is 1. The fourth-order valence-electron chi connectivity index (χ4n) is 0.990. The number of hydrogen-bond acceptors (Lipinski definition) is 3. The van der Waals surface area contributed by atoms with Gasteiger partial charge in [-0.15, -0.1) is 12.6 Å². The fourth-order valence-corrected chi connectivity index (χ4v) is 1.49. The summed E-state index contributed by atoms with van der Waals surface area (Å²) in [6, 6.07) is 5.36. The molecule has 1 aromatic carbocycles. The average Bonchev–Trinajstić information content (AvgIpc) is 2.09. The van der Waals surface area contributed by atoms with Crippen molar-refractivity contribution in [2.45, 2.75) is 11.3 Å². The molecule has 0 bridgehead atoms. The van der Waals surface area contributed by atoms with Gasteiger partial charge in [0.1, 0.15) is 5.78 Å². The zero-order chi connectivity index (χ0) is 9.84. The Balaban J connectivity index is 2.83. The number of nitrogen functional groups attached to an aromatic ring is 1. The minimum absolute atomic E-state index is 0.139. The lowest BCUT2D eigenvalue weighted by molar-refractivity contribution is -0.115. The maximum Gasteiger partial charge on any atom is 0.147 e. The maximum absolute atomic E-state index is 11.1. The summed E-state index contributed by atoms with van der Waals surface area (Å²) in [5.74, 6) is 0.139. The first kappa shape index (κ1) is 10.6. The average molecular weight is 260 g/mol. The van der Waals surface area contributed by atoms with E-state index in [9.17, 15) is 4.79 Å². The zero-order valence-electron chi connectivity index (χ0n) is 6.96. The lowest BCUT2D eigenvalue weighted by Gasteiger charge is -2.03. The molecule has 0 atom stereocenters. The molecule has 70 valence electrons. The Morgan fingerprint density at radius 2 is 2.23 bits per heavy atom. The summed E-state index contributed by atoms with van der Waals surface area (Å²) in [6.07, 6.45) is 0.407. The van der Waals surface area contributed by atoms with Gasteiger partial charge in [0.2, 0.25) is 0 Å². The summed E-state index contributed by atoms with van der Waals surface area (Å²) >= 11 is 7.35. The molecule has 2 N–H and O–H groups in total. The molecule has 13 heavy (non-hydrogen) atoms. The van der Waals surface area contributed by atoms with Crippen molar-refractivity contribution >= 4 is 40.0 Å². The van der Waals surface area contributed by atoms with Gasteiger partial charge in [-0.2, -0.15) is 0 Å². The molecular weight excluding hydrogens is 250 g/mol. The summed E-state index contributed by atoms with van der Waals surface area (Å²) in [6.45, 7) is 0. The van der Waals surface area contributed by atoms with Crippen molar-refractivity contribution in [1.82, 2.24) is 0 Å². The maximum atomic E-state index is 11.1. The number of alkyl halides is 1. The van der Waals surface area contributed by atoms with Crippen molar-refractivity contribution in [2.24, 2.45) is 0 Å². The molecule has 0 spiro atoms. The van der Waals surface area contributed by atoms with Crippen LogP contribution in [0.4, 0.5) is 5.69 Å². The van der Waals surface area contributed by atoms with E-state index in [2.05, 4.69) is 28.6 Å². The van der Waals surface area contributed by atoms with E-state index in [1.165, 1.54) is 0 Å². The van der Waals surface area contributed by atoms with E-state index >= 15 is 0 Å². The van der Waals surface area contributed by atoms with Gasteiger partial charge in [0.25, 0.3) is 0 Å². The monoisotopic (exact) mass is 259 g/mol. The Morgan fingerprint density at radius 3 is 2.77 bits per heavy atom. The Morgan fingerprint density at radius 1 is 1.54 bits per heavy atom. The number of rotatable bonds is 3. The summed E-state index contributed by atoms with van der Waals surface area (Å²) in [5, 5.41) is 0.380. The third-order valence-corrected chi connectivity index (χ3v) is 2.69. The van der Waals surface area contributed by atoms with E-state index < -0.39 is 0 Å². The normalized spacial score (nSPS) is 10.0. The van der Waals surface area contributed by atoms with Gasteiger partial charge in [-0.05, 0) is 17.7 Å². The first-order valence-electron chi connectivity index (χ1n) is 3.78. The number of hydrogen-bond donors (Lipinski definition) is 2. The Bertz CT molecular complexity index is 327. The minimum atomic E-state index is 0.139. The molecule has 0 aliphatic rings. The van der Waals surface area contributed by atoms with Crippen LogP contribution in [0.25, 0.3) is 0 Å². The summed E-state index contributed by atoms with van der Waals surface area (Å²) in [4.78, 5) is 11.9. The lowest BCUT2D eigenvalue weighted by Crippen LogP contribution is -2.04. The van der Waals surface area contributed by atoms with Crippen molar-refractivity contribution in [1.29, 1.82) is 0 Å². The van der Waals surface area contributed by atoms with E-state index in [0.717, 1.165) is 10.5 Å². The predicted molar refractivity (Wildman–Crippen MR) is 60.6 cm³/mol. The van der Waals surface area contributed by atoms with Gasteiger partial charge in [-0.25, -0.2) is 0 Å². The van der Waals surface area contributed by atoms with Crippen molar-refractivity contribution < 1.29 is 4.79 Å². The highest BCUT2D eigenvalue weighted by Gasteiger charge is 2.04. The van der Waals surface area contributed by atoms with E-state index in [4.69, 9.17) is 5.73 Å². The van der Waals surface area contributed by atoms with Crippen LogP contribution in [0.3, 0.4) is 0 Å². The molecule has 0 aliphatic carbocycles. The summed E-state index contributed by atoms with van der Waals surface area (Å²) < 4.78 is 0. The second-order valence-corrected chi connectivity index (χ2v) is 3.78. The first-order valence-corrected chi connectivity index (χ1v) is 5.35. The van der Waals surface area contributed by atoms with Gasteiger partial charge in [-0.3, -0.25) is 4.79 Å². The Labute approximate surface area is 91.1 Å². The number of Topliss-reactive ketones (excluding diaryl/α,β-unsaturated/α-hetero) is 1. The van der Waals surface area contributed by atoms with Gasteiger partial charge in [0.15, 0.2) is 0 Å². The molecule has 0 radical (unpaired) electrons. The van der Waals surface area contributed by atoms with Gasteiger partial charge < -0.3 is 5.73 Å². The second-order valence-electron chi connectivity index (χ2n) is 2.74. The highest BCUT2D eigenvalue weighted by Crippen LogP contribution is 2.18. The Hall–Kier alpha value is -0.480. The third kappa shape index (κ3) is 3.04.